The lowest BCUT2D eigenvalue weighted by Crippen LogP contribution is -2.37. The number of hydrogen-bond donors (Lipinski definition) is 0. The number of quaternary nitrogens is 1. The van der Waals surface area contributed by atoms with Crippen LogP contribution >= 0.6 is 7.82 Å². The zero-order valence-electron chi connectivity index (χ0n) is 60.2. The lowest BCUT2D eigenvalue weighted by Gasteiger charge is -2.28. The van der Waals surface area contributed by atoms with Crippen LogP contribution in [0.25, 0.3) is 0 Å². The fraction of sp³-hybridized carbons (Fsp3) is 0.899. The van der Waals surface area contributed by atoms with E-state index >= 15 is 0 Å². The topological polar surface area (TPSA) is 111 Å². The largest absolute Gasteiger partial charge is 0.756 e. The molecule has 0 saturated heterocycles. The predicted molar refractivity (Wildman–Crippen MR) is 384 cm³/mol. The molecule has 0 aliphatic rings. The van der Waals surface area contributed by atoms with E-state index in [0.29, 0.717) is 17.4 Å². The van der Waals surface area contributed by atoms with E-state index in [9.17, 15) is 19.0 Å². The molecule has 0 amide bonds. The number of esters is 2. The van der Waals surface area contributed by atoms with Gasteiger partial charge in [-0.25, -0.2) is 0 Å². The zero-order chi connectivity index (χ0) is 64.8. The number of hydrogen-bond acceptors (Lipinski definition) is 8. The molecular formula is C79H152NO8P. The first-order valence-electron chi connectivity index (χ1n) is 39.2. The molecule has 89 heavy (non-hydrogen) atoms. The third-order valence-electron chi connectivity index (χ3n) is 17.9. The maximum atomic E-state index is 12.9. The van der Waals surface area contributed by atoms with Crippen molar-refractivity contribution in [2.75, 3.05) is 47.5 Å². The third kappa shape index (κ3) is 75.1. The van der Waals surface area contributed by atoms with Crippen LogP contribution in [0.3, 0.4) is 0 Å². The van der Waals surface area contributed by atoms with Gasteiger partial charge in [-0.2, -0.15) is 0 Å². The van der Waals surface area contributed by atoms with Crippen LogP contribution in [0.2, 0.25) is 0 Å². The van der Waals surface area contributed by atoms with Crippen molar-refractivity contribution < 1.29 is 42.1 Å². The molecule has 0 bridgehead atoms. The summed E-state index contributed by atoms with van der Waals surface area (Å²) in [6.45, 7) is 4.30. The van der Waals surface area contributed by atoms with Gasteiger partial charge < -0.3 is 27.9 Å². The summed E-state index contributed by atoms with van der Waals surface area (Å²) >= 11 is 0. The van der Waals surface area contributed by atoms with Gasteiger partial charge in [-0.1, -0.05) is 378 Å². The van der Waals surface area contributed by atoms with Crippen molar-refractivity contribution in [1.82, 2.24) is 0 Å². The Bertz CT molecular complexity index is 1590. The Hall–Kier alpha value is -1.77. The minimum atomic E-state index is -4.64. The quantitative estimate of drug-likeness (QED) is 0.0195. The maximum absolute atomic E-state index is 12.9. The Labute approximate surface area is 554 Å². The molecule has 0 aromatic rings. The molecule has 0 N–H and O–H groups in total. The maximum Gasteiger partial charge on any atom is 0.306 e. The van der Waals surface area contributed by atoms with Gasteiger partial charge >= 0.3 is 11.9 Å². The summed E-state index contributed by atoms with van der Waals surface area (Å²) in [4.78, 5) is 38.1. The van der Waals surface area contributed by atoms with Crippen LogP contribution in [0, 0.1) is 0 Å². The third-order valence-corrected chi connectivity index (χ3v) is 18.9. The Balaban J connectivity index is 3.90. The predicted octanol–water partition coefficient (Wildman–Crippen LogP) is 25.2. The van der Waals surface area contributed by atoms with Crippen molar-refractivity contribution >= 4 is 19.8 Å². The first-order chi connectivity index (χ1) is 43.5. The fourth-order valence-corrected chi connectivity index (χ4v) is 12.6. The van der Waals surface area contributed by atoms with Gasteiger partial charge in [0.2, 0.25) is 0 Å². The molecule has 0 fully saturated rings. The lowest BCUT2D eigenvalue weighted by atomic mass is 10.0. The average Bonchev–Trinajstić information content (AvgIpc) is 3.60. The zero-order valence-corrected chi connectivity index (χ0v) is 61.1. The number of likely N-dealkylation sites (N-methyl/N-ethyl adjacent to an activating group) is 1. The van der Waals surface area contributed by atoms with Gasteiger partial charge in [-0.3, -0.25) is 14.2 Å². The Morgan fingerprint density at radius 3 is 0.899 bits per heavy atom. The molecule has 2 atom stereocenters. The molecule has 0 radical (unpaired) electrons. The number of unbranched alkanes of at least 4 members (excludes halogenated alkanes) is 54. The van der Waals surface area contributed by atoms with E-state index in [1.165, 1.54) is 321 Å². The van der Waals surface area contributed by atoms with E-state index in [-0.39, 0.29) is 32.0 Å². The molecule has 0 aliphatic carbocycles. The summed E-state index contributed by atoms with van der Waals surface area (Å²) < 4.78 is 34.4. The lowest BCUT2D eigenvalue weighted by molar-refractivity contribution is -0.870. The normalized spacial score (nSPS) is 13.2. The highest BCUT2D eigenvalue weighted by atomic mass is 31.2. The monoisotopic (exact) mass is 1270 g/mol. The fourth-order valence-electron chi connectivity index (χ4n) is 11.9. The van der Waals surface area contributed by atoms with Crippen LogP contribution in [-0.4, -0.2) is 70.0 Å². The number of carbonyl (C=O) groups excluding carboxylic acids is 2. The van der Waals surface area contributed by atoms with E-state index in [0.717, 1.165) is 51.4 Å². The minimum Gasteiger partial charge on any atom is -0.756 e. The second-order valence-electron chi connectivity index (χ2n) is 28.1. The molecule has 526 valence electrons. The van der Waals surface area contributed by atoms with Crippen LogP contribution in [0.15, 0.2) is 36.5 Å². The summed E-state index contributed by atoms with van der Waals surface area (Å²) in [5.74, 6) is -0.814. The summed E-state index contributed by atoms with van der Waals surface area (Å²) in [7, 11) is 1.18. The Kier molecular flexibility index (Phi) is 69.1. The summed E-state index contributed by atoms with van der Waals surface area (Å²) in [5, 5.41) is 0. The first kappa shape index (κ1) is 87.2. The highest BCUT2D eigenvalue weighted by Gasteiger charge is 2.22. The van der Waals surface area contributed by atoms with Crippen LogP contribution in [0.4, 0.5) is 0 Å². The molecule has 0 aromatic carbocycles. The van der Waals surface area contributed by atoms with Crippen LogP contribution < -0.4 is 4.89 Å². The number of rotatable bonds is 74. The van der Waals surface area contributed by atoms with E-state index in [1.54, 1.807) is 0 Å². The summed E-state index contributed by atoms with van der Waals surface area (Å²) in [6, 6.07) is 0. The van der Waals surface area contributed by atoms with E-state index in [1.807, 2.05) is 21.1 Å². The molecule has 0 saturated carbocycles. The van der Waals surface area contributed by atoms with Gasteiger partial charge in [0.1, 0.15) is 19.8 Å². The van der Waals surface area contributed by atoms with Crippen molar-refractivity contribution in [2.45, 2.75) is 412 Å². The number of phosphoric ester groups is 1. The molecule has 0 spiro atoms. The summed E-state index contributed by atoms with van der Waals surface area (Å²) in [6.07, 6.45) is 91.3. The molecular weight excluding hydrogens is 1120 g/mol. The van der Waals surface area contributed by atoms with Crippen LogP contribution in [-0.2, 0) is 32.7 Å². The Morgan fingerprint density at radius 2 is 0.607 bits per heavy atom. The van der Waals surface area contributed by atoms with Gasteiger partial charge in [0.15, 0.2) is 6.10 Å². The second kappa shape index (κ2) is 70.5. The van der Waals surface area contributed by atoms with E-state index < -0.39 is 26.5 Å². The van der Waals surface area contributed by atoms with Crippen LogP contribution in [0.1, 0.15) is 406 Å². The second-order valence-corrected chi connectivity index (χ2v) is 29.5. The standard InChI is InChI=1S/C79H152NO8P/c1-6-8-10-12-14-16-18-20-22-24-26-28-30-32-34-35-36-37-38-39-40-41-42-43-44-46-47-49-51-53-55-57-59-61-63-65-67-69-71-78(81)85-75-77(76-87-89(83,84)86-74-73-80(3,4)5)88-79(82)72-70-68-66-64-62-60-58-56-54-52-50-48-45-33-31-29-27-25-23-21-19-17-15-13-11-9-7-2/h19,21,25,27,31,33,77H,6-18,20,22-24,26,28-30,32,34-76H2,1-5H3/b21-19-,27-25-,33-31-. The van der Waals surface area contributed by atoms with Crippen molar-refractivity contribution in [1.29, 1.82) is 0 Å². The van der Waals surface area contributed by atoms with Gasteiger partial charge in [0, 0.05) is 12.8 Å². The molecule has 0 aliphatic heterocycles. The van der Waals surface area contributed by atoms with Gasteiger partial charge in [-0.05, 0) is 51.4 Å². The van der Waals surface area contributed by atoms with E-state index in [4.69, 9.17) is 18.5 Å². The van der Waals surface area contributed by atoms with Crippen LogP contribution in [0.5, 0.6) is 0 Å². The number of allylic oxidation sites excluding steroid dienone is 6. The smallest absolute Gasteiger partial charge is 0.306 e. The average molecular weight is 1280 g/mol. The number of ether oxygens (including phenoxy) is 2. The molecule has 0 aromatic heterocycles. The highest BCUT2D eigenvalue weighted by Crippen LogP contribution is 2.38. The molecule has 9 nitrogen and oxygen atoms in total. The van der Waals surface area contributed by atoms with Crippen molar-refractivity contribution in [3.63, 3.8) is 0 Å². The molecule has 2 unspecified atom stereocenters. The molecule has 10 heteroatoms. The number of nitrogens with zero attached hydrogens (tertiary/aromatic N) is 1. The van der Waals surface area contributed by atoms with Crippen molar-refractivity contribution in [2.24, 2.45) is 0 Å². The van der Waals surface area contributed by atoms with Crippen molar-refractivity contribution in [3.05, 3.63) is 36.5 Å². The first-order valence-corrected chi connectivity index (χ1v) is 40.7. The number of phosphoric acid groups is 1. The summed E-state index contributed by atoms with van der Waals surface area (Å²) in [5.41, 5.74) is 0. The van der Waals surface area contributed by atoms with Gasteiger partial charge in [-0.15, -0.1) is 0 Å². The molecule has 0 heterocycles. The highest BCUT2D eigenvalue weighted by molar-refractivity contribution is 7.45. The minimum absolute atomic E-state index is 0.0291. The van der Waals surface area contributed by atoms with Crippen molar-refractivity contribution in [3.8, 4) is 0 Å². The SMILES string of the molecule is CCCCCCC/C=C\C/C=C\C/C=C\CCCCCCCCCCCCCCC(=O)OC(COC(=O)CCCCCCCCCCCCCCCCCCCCCCCCCCCCCCCCCCCCCCCC)COP(=O)([O-])OCC[N+](C)(C)C. The molecule has 0 rings (SSSR count). The Morgan fingerprint density at radius 1 is 0.348 bits per heavy atom. The van der Waals surface area contributed by atoms with E-state index in [2.05, 4.69) is 50.3 Å². The van der Waals surface area contributed by atoms with Gasteiger partial charge in [0.05, 0.1) is 27.7 Å². The number of carbonyl (C=O) groups is 2. The van der Waals surface area contributed by atoms with Gasteiger partial charge in [0.25, 0.3) is 7.82 Å².